The van der Waals surface area contributed by atoms with E-state index in [4.69, 9.17) is 11.6 Å². The first-order valence-electron chi connectivity index (χ1n) is 4.51. The summed E-state index contributed by atoms with van der Waals surface area (Å²) in [5, 5.41) is 3.21. The standard InChI is InChI=1S/C10H9BrClN3/c11-7-5-9-10(15-6-7)8(1-3-13-9)14-4-2-12/h1,3,5-6H,2,4H2,(H,13,14). The molecule has 0 saturated heterocycles. The van der Waals surface area contributed by atoms with Gasteiger partial charge in [-0.2, -0.15) is 0 Å². The second kappa shape index (κ2) is 4.77. The molecule has 0 radical (unpaired) electrons. The average molecular weight is 287 g/mol. The molecule has 2 aromatic rings. The molecule has 1 N–H and O–H groups in total. The highest BCUT2D eigenvalue weighted by Crippen LogP contribution is 2.21. The molecule has 0 aliphatic carbocycles. The summed E-state index contributed by atoms with van der Waals surface area (Å²) in [6.07, 6.45) is 3.52. The van der Waals surface area contributed by atoms with Crippen molar-refractivity contribution in [2.45, 2.75) is 0 Å². The molecule has 0 aliphatic heterocycles. The lowest BCUT2D eigenvalue weighted by Crippen LogP contribution is -2.03. The highest BCUT2D eigenvalue weighted by atomic mass is 79.9. The normalized spacial score (nSPS) is 10.5. The lowest BCUT2D eigenvalue weighted by molar-refractivity contribution is 1.21. The van der Waals surface area contributed by atoms with Gasteiger partial charge in [0.25, 0.3) is 0 Å². The molecule has 2 rings (SSSR count). The molecule has 0 bridgehead atoms. The van der Waals surface area contributed by atoms with Crippen LogP contribution in [0.25, 0.3) is 11.0 Å². The van der Waals surface area contributed by atoms with E-state index < -0.39 is 0 Å². The van der Waals surface area contributed by atoms with Gasteiger partial charge in [-0.15, -0.1) is 11.6 Å². The van der Waals surface area contributed by atoms with Gasteiger partial charge in [0.1, 0.15) is 5.52 Å². The average Bonchev–Trinajstić information content (AvgIpc) is 2.25. The summed E-state index contributed by atoms with van der Waals surface area (Å²) in [6.45, 7) is 0.721. The fourth-order valence-corrected chi connectivity index (χ4v) is 1.74. The highest BCUT2D eigenvalue weighted by Gasteiger charge is 2.02. The van der Waals surface area contributed by atoms with Crippen LogP contribution in [0, 0.1) is 0 Å². The maximum absolute atomic E-state index is 5.62. The summed E-state index contributed by atoms with van der Waals surface area (Å²) in [5.74, 6) is 0.570. The predicted octanol–water partition coefficient (Wildman–Crippen LogP) is 3.04. The van der Waals surface area contributed by atoms with Gasteiger partial charge in [-0.1, -0.05) is 0 Å². The van der Waals surface area contributed by atoms with Crippen molar-refractivity contribution in [3.8, 4) is 0 Å². The number of rotatable bonds is 3. The predicted molar refractivity (Wildman–Crippen MR) is 66.4 cm³/mol. The summed E-state index contributed by atoms with van der Waals surface area (Å²) in [6, 6.07) is 3.84. The Bertz CT molecular complexity index is 475. The Morgan fingerprint density at radius 3 is 3.07 bits per heavy atom. The number of fused-ring (bicyclic) bond motifs is 1. The third-order valence-electron chi connectivity index (χ3n) is 1.95. The minimum Gasteiger partial charge on any atom is -0.382 e. The van der Waals surface area contributed by atoms with Crippen molar-refractivity contribution in [3.05, 3.63) is 29.0 Å². The zero-order chi connectivity index (χ0) is 10.7. The quantitative estimate of drug-likeness (QED) is 0.881. The Hall–Kier alpha value is -0.870. The third-order valence-corrected chi connectivity index (χ3v) is 2.58. The minimum atomic E-state index is 0.570. The van der Waals surface area contributed by atoms with E-state index in [1.807, 2.05) is 12.1 Å². The number of pyridine rings is 2. The molecule has 78 valence electrons. The summed E-state index contributed by atoms with van der Waals surface area (Å²) in [7, 11) is 0. The van der Waals surface area contributed by atoms with Crippen molar-refractivity contribution in [2.75, 3.05) is 17.7 Å². The van der Waals surface area contributed by atoms with Gasteiger partial charge in [0.05, 0.1) is 11.2 Å². The molecule has 2 aromatic heterocycles. The van der Waals surface area contributed by atoms with Gasteiger partial charge in [0.15, 0.2) is 0 Å². The monoisotopic (exact) mass is 285 g/mol. The number of anilines is 1. The number of hydrogen-bond acceptors (Lipinski definition) is 3. The highest BCUT2D eigenvalue weighted by molar-refractivity contribution is 9.10. The van der Waals surface area contributed by atoms with Crippen LogP contribution in [0.4, 0.5) is 5.69 Å². The van der Waals surface area contributed by atoms with Gasteiger partial charge in [0, 0.05) is 29.3 Å². The van der Waals surface area contributed by atoms with E-state index in [1.54, 1.807) is 12.4 Å². The van der Waals surface area contributed by atoms with Crippen LogP contribution in [0.5, 0.6) is 0 Å². The minimum absolute atomic E-state index is 0.570. The van der Waals surface area contributed by atoms with Crippen LogP contribution in [0.3, 0.4) is 0 Å². The van der Waals surface area contributed by atoms with E-state index in [0.717, 1.165) is 27.7 Å². The number of hydrogen-bond donors (Lipinski definition) is 1. The smallest absolute Gasteiger partial charge is 0.112 e. The van der Waals surface area contributed by atoms with Crippen LogP contribution in [0.15, 0.2) is 29.0 Å². The molecule has 2 heterocycles. The number of nitrogens with zero attached hydrogens (tertiary/aromatic N) is 2. The zero-order valence-corrected chi connectivity index (χ0v) is 10.2. The van der Waals surface area contributed by atoms with E-state index in [0.29, 0.717) is 5.88 Å². The van der Waals surface area contributed by atoms with Crippen molar-refractivity contribution in [2.24, 2.45) is 0 Å². The van der Waals surface area contributed by atoms with E-state index >= 15 is 0 Å². The number of aromatic nitrogens is 2. The Labute approximate surface area is 101 Å². The topological polar surface area (TPSA) is 37.8 Å². The molecule has 15 heavy (non-hydrogen) atoms. The van der Waals surface area contributed by atoms with Crippen LogP contribution in [0.2, 0.25) is 0 Å². The molecular weight excluding hydrogens is 277 g/mol. The summed E-state index contributed by atoms with van der Waals surface area (Å²) in [5.41, 5.74) is 2.70. The first kappa shape index (κ1) is 10.6. The number of alkyl halides is 1. The summed E-state index contributed by atoms with van der Waals surface area (Å²) < 4.78 is 0.928. The maximum atomic E-state index is 5.62. The van der Waals surface area contributed by atoms with Crippen LogP contribution in [-0.2, 0) is 0 Å². The Balaban J connectivity index is 2.46. The Kier molecular flexibility index (Phi) is 3.38. The van der Waals surface area contributed by atoms with E-state index in [2.05, 4.69) is 31.2 Å². The molecule has 0 atom stereocenters. The second-order valence-electron chi connectivity index (χ2n) is 3.00. The third kappa shape index (κ3) is 2.38. The van der Waals surface area contributed by atoms with Crippen molar-refractivity contribution >= 4 is 44.3 Å². The molecule has 0 aliphatic rings. The fraction of sp³-hybridized carbons (Fsp3) is 0.200. The van der Waals surface area contributed by atoms with Gasteiger partial charge >= 0.3 is 0 Å². The summed E-state index contributed by atoms with van der Waals surface area (Å²) >= 11 is 8.99. The number of nitrogens with one attached hydrogen (secondary N) is 1. The number of halogens is 2. The molecule has 0 spiro atoms. The molecular formula is C10H9BrClN3. The van der Waals surface area contributed by atoms with Gasteiger partial charge in [-0.3, -0.25) is 9.97 Å². The van der Waals surface area contributed by atoms with Crippen molar-refractivity contribution in [1.29, 1.82) is 0 Å². The SMILES string of the molecule is ClCCNc1ccnc2cc(Br)cnc12. The molecule has 3 nitrogen and oxygen atoms in total. The van der Waals surface area contributed by atoms with Gasteiger partial charge < -0.3 is 5.32 Å². The van der Waals surface area contributed by atoms with Crippen molar-refractivity contribution in [3.63, 3.8) is 0 Å². The maximum Gasteiger partial charge on any atom is 0.112 e. The van der Waals surface area contributed by atoms with Crippen LogP contribution in [-0.4, -0.2) is 22.4 Å². The first-order chi connectivity index (χ1) is 7.31. The van der Waals surface area contributed by atoms with E-state index in [1.165, 1.54) is 0 Å². The van der Waals surface area contributed by atoms with Crippen LogP contribution in [0.1, 0.15) is 0 Å². The van der Waals surface area contributed by atoms with Gasteiger partial charge in [-0.25, -0.2) is 0 Å². The van der Waals surface area contributed by atoms with Gasteiger partial charge in [0.2, 0.25) is 0 Å². The fourth-order valence-electron chi connectivity index (χ4n) is 1.33. The Morgan fingerprint density at radius 1 is 1.40 bits per heavy atom. The molecule has 0 aromatic carbocycles. The summed E-state index contributed by atoms with van der Waals surface area (Å²) in [4.78, 5) is 8.56. The van der Waals surface area contributed by atoms with Crippen LogP contribution < -0.4 is 5.32 Å². The Morgan fingerprint density at radius 2 is 2.27 bits per heavy atom. The first-order valence-corrected chi connectivity index (χ1v) is 5.84. The van der Waals surface area contributed by atoms with Crippen molar-refractivity contribution in [1.82, 2.24) is 9.97 Å². The molecule has 5 heteroatoms. The van der Waals surface area contributed by atoms with E-state index in [9.17, 15) is 0 Å². The lowest BCUT2D eigenvalue weighted by atomic mass is 10.3. The van der Waals surface area contributed by atoms with E-state index in [-0.39, 0.29) is 0 Å². The second-order valence-corrected chi connectivity index (χ2v) is 4.29. The molecule has 0 saturated carbocycles. The lowest BCUT2D eigenvalue weighted by Gasteiger charge is -2.06. The van der Waals surface area contributed by atoms with Crippen LogP contribution >= 0.6 is 27.5 Å². The molecule has 0 fully saturated rings. The molecule has 0 unspecified atom stereocenters. The van der Waals surface area contributed by atoms with Gasteiger partial charge in [-0.05, 0) is 28.1 Å². The zero-order valence-electron chi connectivity index (χ0n) is 7.87. The molecule has 0 amide bonds. The largest absolute Gasteiger partial charge is 0.382 e. The van der Waals surface area contributed by atoms with Crippen molar-refractivity contribution < 1.29 is 0 Å².